The molecule has 0 radical (unpaired) electrons. The zero-order valence-corrected chi connectivity index (χ0v) is 12.0. The minimum absolute atomic E-state index is 0.325. The lowest BCUT2D eigenvalue weighted by Gasteiger charge is -2.05. The summed E-state index contributed by atoms with van der Waals surface area (Å²) in [6.45, 7) is 2.04. The summed E-state index contributed by atoms with van der Waals surface area (Å²) in [5.74, 6) is 0.306. The highest BCUT2D eigenvalue weighted by Gasteiger charge is 2.17. The van der Waals surface area contributed by atoms with Crippen molar-refractivity contribution in [2.24, 2.45) is 0 Å². The van der Waals surface area contributed by atoms with Crippen LogP contribution in [0.1, 0.15) is 23.4 Å². The first-order valence-electron chi connectivity index (χ1n) is 6.33. The summed E-state index contributed by atoms with van der Waals surface area (Å²) in [5, 5.41) is 12.0. The lowest BCUT2D eigenvalue weighted by atomic mass is 10.1. The van der Waals surface area contributed by atoms with Crippen LogP contribution >= 0.6 is 11.8 Å². The number of fused-ring (bicyclic) bond motifs is 1. The van der Waals surface area contributed by atoms with Gasteiger partial charge in [0.05, 0.1) is 0 Å². The Hall–Kier alpha value is -2.02. The van der Waals surface area contributed by atoms with Crippen molar-refractivity contribution in [1.29, 1.82) is 0 Å². The highest BCUT2D eigenvalue weighted by Crippen LogP contribution is 2.24. The van der Waals surface area contributed by atoms with Gasteiger partial charge >= 0.3 is 0 Å². The molecule has 0 fully saturated rings. The Bertz CT molecular complexity index is 773. The van der Waals surface area contributed by atoms with E-state index < -0.39 is 12.2 Å². The fourth-order valence-electron chi connectivity index (χ4n) is 1.93. The average molecular weight is 306 g/mol. The largest absolute Gasteiger partial charge is 0.299 e. The number of aromatic nitrogens is 4. The molecule has 3 aromatic rings. The molecule has 0 bridgehead atoms. The second kappa shape index (κ2) is 5.77. The van der Waals surface area contributed by atoms with Gasteiger partial charge in [-0.15, -0.1) is 10.2 Å². The Balaban J connectivity index is 1.84. The van der Waals surface area contributed by atoms with Crippen LogP contribution in [0, 0.1) is 6.92 Å². The van der Waals surface area contributed by atoms with Crippen LogP contribution in [0.15, 0.2) is 41.4 Å². The topological polar surface area (TPSA) is 43.1 Å². The van der Waals surface area contributed by atoms with Gasteiger partial charge in [0.25, 0.3) is 6.43 Å². The standard InChI is InChI=1S/C14H12F2N4S/c1-9-4-2-3-5-10(9)8-21-12-7-6-11-17-18-14(13(15)16)20(11)19-12/h2-7,13H,8H2,1H3. The van der Waals surface area contributed by atoms with Gasteiger partial charge in [0, 0.05) is 5.75 Å². The van der Waals surface area contributed by atoms with Gasteiger partial charge in [0.2, 0.25) is 5.82 Å². The number of hydrogen-bond acceptors (Lipinski definition) is 4. The van der Waals surface area contributed by atoms with Gasteiger partial charge in [0.15, 0.2) is 5.65 Å². The van der Waals surface area contributed by atoms with E-state index in [-0.39, 0.29) is 0 Å². The second-order valence-electron chi connectivity index (χ2n) is 4.52. The van der Waals surface area contributed by atoms with Crippen molar-refractivity contribution >= 4 is 17.4 Å². The van der Waals surface area contributed by atoms with Crippen molar-refractivity contribution in [3.63, 3.8) is 0 Å². The Kier molecular flexibility index (Phi) is 3.83. The van der Waals surface area contributed by atoms with Crippen molar-refractivity contribution in [3.05, 3.63) is 53.3 Å². The summed E-state index contributed by atoms with van der Waals surface area (Å²) in [6, 6.07) is 11.5. The summed E-state index contributed by atoms with van der Waals surface area (Å²) < 4.78 is 26.7. The Morgan fingerprint density at radius 2 is 1.95 bits per heavy atom. The predicted octanol–water partition coefficient (Wildman–Crippen LogP) is 3.66. The molecule has 0 aliphatic heterocycles. The van der Waals surface area contributed by atoms with Crippen LogP contribution in [0.5, 0.6) is 0 Å². The first-order chi connectivity index (χ1) is 10.1. The number of thioether (sulfide) groups is 1. The number of hydrogen-bond donors (Lipinski definition) is 0. The van der Waals surface area contributed by atoms with E-state index in [0.717, 1.165) is 10.3 Å². The van der Waals surface area contributed by atoms with E-state index >= 15 is 0 Å². The quantitative estimate of drug-likeness (QED) is 0.690. The van der Waals surface area contributed by atoms with E-state index in [1.54, 1.807) is 12.1 Å². The number of nitrogens with zero attached hydrogens (tertiary/aromatic N) is 4. The molecule has 3 rings (SSSR count). The van der Waals surface area contributed by atoms with Crippen LogP contribution in [0.3, 0.4) is 0 Å². The first-order valence-corrected chi connectivity index (χ1v) is 7.31. The summed E-state index contributed by atoms with van der Waals surface area (Å²) in [7, 11) is 0. The second-order valence-corrected chi connectivity index (χ2v) is 5.51. The van der Waals surface area contributed by atoms with Gasteiger partial charge in [0.1, 0.15) is 5.03 Å². The van der Waals surface area contributed by atoms with Gasteiger partial charge < -0.3 is 0 Å². The molecule has 21 heavy (non-hydrogen) atoms. The fraction of sp³-hybridized carbons (Fsp3) is 0.214. The summed E-state index contributed by atoms with van der Waals surface area (Å²) >= 11 is 1.49. The van der Waals surface area contributed by atoms with Crippen molar-refractivity contribution in [2.75, 3.05) is 0 Å². The molecule has 0 N–H and O–H groups in total. The minimum atomic E-state index is -2.69. The fourth-order valence-corrected chi connectivity index (χ4v) is 2.86. The number of halogens is 2. The maximum Gasteiger partial charge on any atom is 0.299 e. The molecule has 2 aromatic heterocycles. The van der Waals surface area contributed by atoms with Crippen LogP contribution < -0.4 is 0 Å². The van der Waals surface area contributed by atoms with Gasteiger partial charge in [-0.2, -0.15) is 9.61 Å². The van der Waals surface area contributed by atoms with Crippen LogP contribution in [-0.2, 0) is 5.75 Å². The van der Waals surface area contributed by atoms with Crippen LogP contribution in [0.2, 0.25) is 0 Å². The molecule has 2 heterocycles. The number of alkyl halides is 2. The molecule has 1 aromatic carbocycles. The third-order valence-corrected chi connectivity index (χ3v) is 4.06. The lowest BCUT2D eigenvalue weighted by molar-refractivity contribution is 0.137. The Labute approximate surface area is 124 Å². The minimum Gasteiger partial charge on any atom is -0.201 e. The van der Waals surface area contributed by atoms with Gasteiger partial charge in [-0.3, -0.25) is 0 Å². The molecule has 0 atom stereocenters. The van der Waals surface area contributed by atoms with E-state index in [1.165, 1.54) is 22.9 Å². The van der Waals surface area contributed by atoms with Gasteiger partial charge in [-0.05, 0) is 30.2 Å². The van der Waals surface area contributed by atoms with E-state index in [4.69, 9.17) is 0 Å². The smallest absolute Gasteiger partial charge is 0.201 e. The molecule has 4 nitrogen and oxygen atoms in total. The van der Waals surface area contributed by atoms with Crippen molar-refractivity contribution in [3.8, 4) is 0 Å². The lowest BCUT2D eigenvalue weighted by Crippen LogP contribution is -2.00. The molecule has 0 aliphatic carbocycles. The van der Waals surface area contributed by atoms with E-state index in [2.05, 4.69) is 15.3 Å². The zero-order chi connectivity index (χ0) is 14.8. The van der Waals surface area contributed by atoms with Crippen molar-refractivity contribution in [1.82, 2.24) is 19.8 Å². The molecule has 0 spiro atoms. The maximum absolute atomic E-state index is 12.8. The molecule has 7 heteroatoms. The molecule has 0 saturated carbocycles. The SMILES string of the molecule is Cc1ccccc1CSc1ccc2nnc(C(F)F)n2n1. The highest BCUT2D eigenvalue weighted by atomic mass is 32.2. The number of aryl methyl sites for hydroxylation is 1. The third-order valence-electron chi connectivity index (χ3n) is 3.09. The number of benzene rings is 1. The van der Waals surface area contributed by atoms with Crippen molar-refractivity contribution in [2.45, 2.75) is 24.1 Å². The summed E-state index contributed by atoms with van der Waals surface area (Å²) in [4.78, 5) is 0. The summed E-state index contributed by atoms with van der Waals surface area (Å²) in [5.41, 5.74) is 2.72. The van der Waals surface area contributed by atoms with Crippen LogP contribution in [-0.4, -0.2) is 19.8 Å². The van der Waals surface area contributed by atoms with Crippen molar-refractivity contribution < 1.29 is 8.78 Å². The molecule has 0 saturated heterocycles. The zero-order valence-electron chi connectivity index (χ0n) is 11.2. The number of rotatable bonds is 4. The van der Waals surface area contributed by atoms with E-state index in [1.807, 2.05) is 31.2 Å². The van der Waals surface area contributed by atoms with Crippen LogP contribution in [0.4, 0.5) is 8.78 Å². The molecule has 0 amide bonds. The average Bonchev–Trinajstić information content (AvgIpc) is 2.89. The van der Waals surface area contributed by atoms with Crippen LogP contribution in [0.25, 0.3) is 5.65 Å². The Morgan fingerprint density at radius 3 is 2.71 bits per heavy atom. The molecular weight excluding hydrogens is 294 g/mol. The van der Waals surface area contributed by atoms with E-state index in [0.29, 0.717) is 10.7 Å². The highest BCUT2D eigenvalue weighted by molar-refractivity contribution is 7.98. The summed E-state index contributed by atoms with van der Waals surface area (Å²) in [6.07, 6.45) is -2.69. The first kappa shape index (κ1) is 13.9. The maximum atomic E-state index is 12.8. The normalized spacial score (nSPS) is 11.4. The molecule has 0 unspecified atom stereocenters. The monoisotopic (exact) mass is 306 g/mol. The van der Waals surface area contributed by atoms with E-state index in [9.17, 15) is 8.78 Å². The molecule has 108 valence electrons. The third kappa shape index (κ3) is 2.87. The Morgan fingerprint density at radius 1 is 1.14 bits per heavy atom. The van der Waals surface area contributed by atoms with Gasteiger partial charge in [-0.25, -0.2) is 8.78 Å². The predicted molar refractivity (Wildman–Crippen MR) is 76.5 cm³/mol. The molecular formula is C14H12F2N4S. The van der Waals surface area contributed by atoms with Gasteiger partial charge in [-0.1, -0.05) is 36.0 Å². The molecule has 0 aliphatic rings.